The quantitative estimate of drug-likeness (QED) is 0.860. The third-order valence-electron chi connectivity index (χ3n) is 4.28. The molecule has 1 N–H and O–H groups in total. The Kier molecular flexibility index (Phi) is 2.59. The summed E-state index contributed by atoms with van der Waals surface area (Å²) >= 11 is 0. The third-order valence-corrected chi connectivity index (χ3v) is 4.28. The normalized spacial score (nSPS) is 20.2. The SMILES string of the molecule is Oc1ccc2c(c1)OCC2N1CCCc2ccccc21. The van der Waals surface area contributed by atoms with Crippen molar-refractivity contribution in [2.45, 2.75) is 18.9 Å². The van der Waals surface area contributed by atoms with Gasteiger partial charge in [0.25, 0.3) is 0 Å². The molecule has 3 nitrogen and oxygen atoms in total. The van der Waals surface area contributed by atoms with Crippen LogP contribution in [0.5, 0.6) is 11.5 Å². The minimum atomic E-state index is 0.257. The van der Waals surface area contributed by atoms with Gasteiger partial charge in [-0.2, -0.15) is 0 Å². The molecule has 2 aliphatic heterocycles. The van der Waals surface area contributed by atoms with Gasteiger partial charge in [-0.3, -0.25) is 0 Å². The van der Waals surface area contributed by atoms with Crippen LogP contribution in [-0.4, -0.2) is 18.3 Å². The first-order chi connectivity index (χ1) is 9.83. The van der Waals surface area contributed by atoms with Gasteiger partial charge in [0.1, 0.15) is 18.1 Å². The summed E-state index contributed by atoms with van der Waals surface area (Å²) in [4.78, 5) is 2.45. The molecule has 0 saturated heterocycles. The number of aromatic hydroxyl groups is 1. The van der Waals surface area contributed by atoms with Crippen LogP contribution in [0.2, 0.25) is 0 Å². The third kappa shape index (κ3) is 1.73. The first-order valence-corrected chi connectivity index (χ1v) is 7.13. The molecule has 0 aromatic heterocycles. The zero-order valence-electron chi connectivity index (χ0n) is 11.2. The van der Waals surface area contributed by atoms with Gasteiger partial charge in [0.15, 0.2) is 0 Å². The predicted octanol–water partition coefficient (Wildman–Crippen LogP) is 3.28. The van der Waals surface area contributed by atoms with Crippen LogP contribution in [0.4, 0.5) is 5.69 Å². The topological polar surface area (TPSA) is 32.7 Å². The van der Waals surface area contributed by atoms with Gasteiger partial charge in [-0.05, 0) is 36.6 Å². The second-order valence-electron chi connectivity index (χ2n) is 5.47. The average Bonchev–Trinajstić information content (AvgIpc) is 2.89. The molecule has 1 unspecified atom stereocenters. The molecule has 1 atom stereocenters. The number of fused-ring (bicyclic) bond motifs is 2. The summed E-state index contributed by atoms with van der Waals surface area (Å²) in [6.45, 7) is 1.72. The maximum absolute atomic E-state index is 9.56. The number of ether oxygens (including phenoxy) is 1. The maximum atomic E-state index is 9.56. The number of anilines is 1. The van der Waals surface area contributed by atoms with E-state index in [2.05, 4.69) is 29.2 Å². The van der Waals surface area contributed by atoms with Crippen molar-refractivity contribution in [2.75, 3.05) is 18.1 Å². The molecule has 2 aromatic carbocycles. The van der Waals surface area contributed by atoms with Gasteiger partial charge in [-0.25, -0.2) is 0 Å². The Morgan fingerprint density at radius 2 is 2.05 bits per heavy atom. The summed E-state index contributed by atoms with van der Waals surface area (Å²) in [6.07, 6.45) is 2.34. The number of aryl methyl sites for hydroxylation is 1. The van der Waals surface area contributed by atoms with Crippen molar-refractivity contribution in [3.05, 3.63) is 53.6 Å². The highest BCUT2D eigenvalue weighted by Crippen LogP contribution is 2.42. The molecule has 20 heavy (non-hydrogen) atoms. The first kappa shape index (κ1) is 11.6. The second-order valence-corrected chi connectivity index (χ2v) is 5.47. The van der Waals surface area contributed by atoms with Crippen LogP contribution in [0.3, 0.4) is 0 Å². The zero-order chi connectivity index (χ0) is 13.5. The van der Waals surface area contributed by atoms with Gasteiger partial charge in [-0.1, -0.05) is 18.2 Å². The van der Waals surface area contributed by atoms with E-state index >= 15 is 0 Å². The molecule has 0 bridgehead atoms. The molecular weight excluding hydrogens is 250 g/mol. The van der Waals surface area contributed by atoms with Crippen molar-refractivity contribution in [1.29, 1.82) is 0 Å². The van der Waals surface area contributed by atoms with Crippen LogP contribution in [-0.2, 0) is 6.42 Å². The van der Waals surface area contributed by atoms with Gasteiger partial charge < -0.3 is 14.7 Å². The minimum Gasteiger partial charge on any atom is -0.508 e. The lowest BCUT2D eigenvalue weighted by molar-refractivity contribution is 0.323. The molecule has 0 spiro atoms. The van der Waals surface area contributed by atoms with E-state index in [1.165, 1.54) is 23.2 Å². The monoisotopic (exact) mass is 267 g/mol. The molecule has 4 rings (SSSR count). The highest BCUT2D eigenvalue weighted by Gasteiger charge is 2.32. The van der Waals surface area contributed by atoms with Gasteiger partial charge in [0.05, 0.1) is 6.04 Å². The summed E-state index contributed by atoms with van der Waals surface area (Å²) in [5.41, 5.74) is 3.93. The maximum Gasteiger partial charge on any atom is 0.128 e. The van der Waals surface area contributed by atoms with Crippen molar-refractivity contribution < 1.29 is 9.84 Å². The Morgan fingerprint density at radius 1 is 1.15 bits per heavy atom. The molecule has 0 radical (unpaired) electrons. The van der Waals surface area contributed by atoms with Crippen molar-refractivity contribution in [3.8, 4) is 11.5 Å². The van der Waals surface area contributed by atoms with E-state index in [1.54, 1.807) is 12.1 Å². The molecule has 2 heterocycles. The fraction of sp³-hybridized carbons (Fsp3) is 0.294. The van der Waals surface area contributed by atoms with E-state index in [0.29, 0.717) is 6.61 Å². The van der Waals surface area contributed by atoms with Crippen LogP contribution in [0.25, 0.3) is 0 Å². The fourth-order valence-corrected chi connectivity index (χ4v) is 3.33. The molecule has 0 amide bonds. The van der Waals surface area contributed by atoms with Crippen molar-refractivity contribution in [3.63, 3.8) is 0 Å². The van der Waals surface area contributed by atoms with Gasteiger partial charge in [-0.15, -0.1) is 0 Å². The number of rotatable bonds is 1. The summed E-state index contributed by atoms with van der Waals surface area (Å²) in [7, 11) is 0. The van der Waals surface area contributed by atoms with E-state index in [-0.39, 0.29) is 11.8 Å². The van der Waals surface area contributed by atoms with E-state index in [0.717, 1.165) is 18.7 Å². The molecule has 0 fully saturated rings. The van der Waals surface area contributed by atoms with Crippen LogP contribution >= 0.6 is 0 Å². The highest BCUT2D eigenvalue weighted by molar-refractivity contribution is 5.59. The van der Waals surface area contributed by atoms with Crippen LogP contribution in [0.1, 0.15) is 23.6 Å². The zero-order valence-corrected chi connectivity index (χ0v) is 11.2. The number of benzene rings is 2. The molecular formula is C17H17NO2. The Labute approximate surface area is 118 Å². The molecule has 102 valence electrons. The lowest BCUT2D eigenvalue weighted by Gasteiger charge is -2.35. The number of hydrogen-bond acceptors (Lipinski definition) is 3. The molecule has 3 heteroatoms. The van der Waals surface area contributed by atoms with E-state index in [9.17, 15) is 5.11 Å². The van der Waals surface area contributed by atoms with Crippen molar-refractivity contribution in [2.24, 2.45) is 0 Å². The number of phenolic OH excluding ortho intramolecular Hbond substituents is 1. The molecule has 2 aliphatic rings. The van der Waals surface area contributed by atoms with Crippen molar-refractivity contribution >= 4 is 5.69 Å². The van der Waals surface area contributed by atoms with Crippen LogP contribution in [0.15, 0.2) is 42.5 Å². The number of phenols is 1. The van der Waals surface area contributed by atoms with E-state index in [4.69, 9.17) is 4.74 Å². The van der Waals surface area contributed by atoms with Gasteiger partial charge in [0, 0.05) is 23.9 Å². The summed E-state index contributed by atoms with van der Waals surface area (Å²) in [6, 6.07) is 14.3. The Morgan fingerprint density at radius 3 is 3.00 bits per heavy atom. The molecule has 2 aromatic rings. The Bertz CT molecular complexity index is 653. The minimum absolute atomic E-state index is 0.257. The number of hydrogen-bond donors (Lipinski definition) is 1. The smallest absolute Gasteiger partial charge is 0.128 e. The largest absolute Gasteiger partial charge is 0.508 e. The number of para-hydroxylation sites is 1. The summed E-state index contributed by atoms with van der Waals surface area (Å²) in [5.74, 6) is 1.08. The molecule has 0 saturated carbocycles. The van der Waals surface area contributed by atoms with Crippen molar-refractivity contribution in [1.82, 2.24) is 0 Å². The van der Waals surface area contributed by atoms with Gasteiger partial charge >= 0.3 is 0 Å². The number of nitrogens with zero attached hydrogens (tertiary/aromatic N) is 1. The van der Waals surface area contributed by atoms with E-state index in [1.807, 2.05) is 6.07 Å². The lowest BCUT2D eigenvalue weighted by Crippen LogP contribution is -2.34. The first-order valence-electron chi connectivity index (χ1n) is 7.13. The predicted molar refractivity (Wildman–Crippen MR) is 78.5 cm³/mol. The fourth-order valence-electron chi connectivity index (χ4n) is 3.33. The Balaban J connectivity index is 1.75. The van der Waals surface area contributed by atoms with Crippen LogP contribution in [0, 0.1) is 0 Å². The second kappa shape index (κ2) is 4.44. The lowest BCUT2D eigenvalue weighted by atomic mass is 9.98. The van der Waals surface area contributed by atoms with E-state index < -0.39 is 0 Å². The summed E-state index contributed by atoms with van der Waals surface area (Å²) < 4.78 is 5.76. The summed E-state index contributed by atoms with van der Waals surface area (Å²) in [5, 5.41) is 9.56. The standard InChI is InChI=1S/C17H17NO2/c19-13-7-8-14-16(11-20-17(14)10-13)18-9-3-5-12-4-1-2-6-15(12)18/h1-2,4,6-8,10,16,19H,3,5,9,11H2. The van der Waals surface area contributed by atoms with Gasteiger partial charge in [0.2, 0.25) is 0 Å². The Hall–Kier alpha value is -2.16. The highest BCUT2D eigenvalue weighted by atomic mass is 16.5. The van der Waals surface area contributed by atoms with Crippen LogP contribution < -0.4 is 9.64 Å². The molecule has 0 aliphatic carbocycles. The average molecular weight is 267 g/mol.